The fourth-order valence-corrected chi connectivity index (χ4v) is 5.26. The molecule has 0 N–H and O–H groups in total. The van der Waals surface area contributed by atoms with Crippen LogP contribution < -0.4 is 10.5 Å². The highest BCUT2D eigenvalue weighted by atomic mass is 35.5. The Balaban J connectivity index is 1.82. The maximum atomic E-state index is 13.2. The zero-order valence-corrected chi connectivity index (χ0v) is 20.3. The summed E-state index contributed by atoms with van der Waals surface area (Å²) in [6.45, 7) is 8.71. The number of halogens is 1. The van der Waals surface area contributed by atoms with E-state index in [-0.39, 0.29) is 5.56 Å². The predicted molar refractivity (Wildman–Crippen MR) is 134 cm³/mol. The monoisotopic (exact) mass is 454 g/mol. The lowest BCUT2D eigenvalue weighted by Gasteiger charge is -2.33. The van der Waals surface area contributed by atoms with E-state index in [0.29, 0.717) is 17.0 Å². The molecule has 6 heteroatoms. The molecule has 2 aromatic heterocycles. The molecule has 1 aromatic carbocycles. The topological polar surface area (TPSA) is 42.5 Å². The number of nitrogens with zero attached hydrogens (tertiary/aromatic N) is 4. The Morgan fingerprint density at radius 3 is 2.66 bits per heavy atom. The van der Waals surface area contributed by atoms with Gasteiger partial charge in [0.25, 0.3) is 5.56 Å². The van der Waals surface area contributed by atoms with Crippen molar-refractivity contribution in [3.63, 3.8) is 0 Å². The average molecular weight is 455 g/mol. The summed E-state index contributed by atoms with van der Waals surface area (Å²) in [6, 6.07) is 9.97. The third-order valence-corrected chi connectivity index (χ3v) is 7.07. The molecule has 1 aliphatic heterocycles. The van der Waals surface area contributed by atoms with Gasteiger partial charge >= 0.3 is 0 Å². The van der Waals surface area contributed by atoms with E-state index in [9.17, 15) is 4.79 Å². The molecule has 5 nitrogen and oxygen atoms in total. The van der Waals surface area contributed by atoms with Crippen LogP contribution in [0.1, 0.15) is 65.7 Å². The van der Waals surface area contributed by atoms with Crippen LogP contribution in [-0.2, 0) is 6.54 Å². The number of anilines is 1. The number of rotatable bonds is 9. The molecular formula is C26H35ClN4O. The second kappa shape index (κ2) is 10.1. The maximum absolute atomic E-state index is 13.2. The molecule has 0 radical (unpaired) electrons. The van der Waals surface area contributed by atoms with E-state index >= 15 is 0 Å². The standard InChI is InChI=1S/C26H35ClN4O/c1-4-6-7-15-30-24(29-16-8-10-23(29)19(3)9-5-2)17-25(32)31-18-22(28-26(30)31)20-11-13-21(27)14-12-20/h11-14,17-19,23H,4-10,15-16H2,1-3H3. The fraction of sp³-hybridized carbons (Fsp3) is 0.538. The summed E-state index contributed by atoms with van der Waals surface area (Å²) in [5.41, 5.74) is 1.76. The van der Waals surface area contributed by atoms with E-state index in [0.717, 1.165) is 55.2 Å². The molecule has 0 amide bonds. The van der Waals surface area contributed by atoms with Gasteiger partial charge in [-0.3, -0.25) is 13.8 Å². The predicted octanol–water partition coefficient (Wildman–Crippen LogP) is 6.41. The summed E-state index contributed by atoms with van der Waals surface area (Å²) >= 11 is 6.07. The van der Waals surface area contributed by atoms with Gasteiger partial charge in [0.05, 0.1) is 5.69 Å². The van der Waals surface area contributed by atoms with Crippen LogP contribution in [0.15, 0.2) is 41.3 Å². The number of aryl methyl sites for hydroxylation is 1. The first kappa shape index (κ1) is 22.9. The zero-order chi connectivity index (χ0) is 22.7. The average Bonchev–Trinajstić information content (AvgIpc) is 3.44. The van der Waals surface area contributed by atoms with E-state index < -0.39 is 0 Å². The zero-order valence-electron chi connectivity index (χ0n) is 19.6. The minimum Gasteiger partial charge on any atom is -0.355 e. The molecule has 0 spiro atoms. The number of fused-ring (bicyclic) bond motifs is 1. The summed E-state index contributed by atoms with van der Waals surface area (Å²) in [5.74, 6) is 2.39. The summed E-state index contributed by atoms with van der Waals surface area (Å²) in [7, 11) is 0. The highest BCUT2D eigenvalue weighted by Crippen LogP contribution is 2.32. The van der Waals surface area contributed by atoms with E-state index in [2.05, 4.69) is 30.2 Å². The molecular weight excluding hydrogens is 420 g/mol. The first-order chi connectivity index (χ1) is 15.5. The van der Waals surface area contributed by atoms with E-state index in [1.54, 1.807) is 4.40 Å². The third-order valence-electron chi connectivity index (χ3n) is 6.81. The van der Waals surface area contributed by atoms with Crippen molar-refractivity contribution in [3.8, 4) is 11.3 Å². The largest absolute Gasteiger partial charge is 0.355 e. The van der Waals surface area contributed by atoms with Gasteiger partial charge in [-0.05, 0) is 43.7 Å². The lowest BCUT2D eigenvalue weighted by molar-refractivity contribution is 0.416. The minimum atomic E-state index is -0.0109. The first-order valence-corrected chi connectivity index (χ1v) is 12.6. The summed E-state index contributed by atoms with van der Waals surface area (Å²) in [5, 5.41) is 0.695. The Labute approximate surface area is 196 Å². The number of hydrogen-bond donors (Lipinski definition) is 0. The quantitative estimate of drug-likeness (QED) is 0.351. The van der Waals surface area contributed by atoms with Gasteiger partial charge in [-0.1, -0.05) is 63.8 Å². The van der Waals surface area contributed by atoms with Crippen molar-refractivity contribution >= 4 is 23.2 Å². The second-order valence-corrected chi connectivity index (χ2v) is 9.61. The van der Waals surface area contributed by atoms with Gasteiger partial charge in [0, 0.05) is 42.0 Å². The maximum Gasteiger partial charge on any atom is 0.261 e. The smallest absolute Gasteiger partial charge is 0.261 e. The van der Waals surface area contributed by atoms with Crippen molar-refractivity contribution < 1.29 is 0 Å². The number of unbranched alkanes of at least 4 members (excludes halogenated alkanes) is 2. The molecule has 0 saturated carbocycles. The van der Waals surface area contributed by atoms with Crippen LogP contribution in [0.25, 0.3) is 17.0 Å². The highest BCUT2D eigenvalue weighted by molar-refractivity contribution is 6.30. The van der Waals surface area contributed by atoms with Crippen LogP contribution in [0.2, 0.25) is 5.02 Å². The summed E-state index contributed by atoms with van der Waals surface area (Å²) in [6.07, 6.45) is 10.0. The van der Waals surface area contributed by atoms with Crippen LogP contribution in [0.4, 0.5) is 5.82 Å². The van der Waals surface area contributed by atoms with Crippen LogP contribution >= 0.6 is 11.6 Å². The molecule has 2 atom stereocenters. The van der Waals surface area contributed by atoms with Crippen LogP contribution in [0.3, 0.4) is 0 Å². The number of imidazole rings is 1. The SMILES string of the molecule is CCCCCn1c(N2CCCC2C(C)CCC)cc(=O)n2cc(-c3ccc(Cl)cc3)nc12. The molecule has 3 heterocycles. The molecule has 4 rings (SSSR count). The van der Waals surface area contributed by atoms with Gasteiger partial charge in [0.2, 0.25) is 5.78 Å². The van der Waals surface area contributed by atoms with Gasteiger partial charge in [0.15, 0.2) is 0 Å². The number of aromatic nitrogens is 3. The van der Waals surface area contributed by atoms with Crippen molar-refractivity contribution in [1.29, 1.82) is 0 Å². The van der Waals surface area contributed by atoms with E-state index in [1.165, 1.54) is 25.7 Å². The molecule has 1 fully saturated rings. The molecule has 3 aromatic rings. The molecule has 1 aliphatic rings. The Bertz CT molecular complexity index is 1100. The third kappa shape index (κ3) is 4.59. The normalized spacial score (nSPS) is 17.4. The second-order valence-electron chi connectivity index (χ2n) is 9.17. The van der Waals surface area contributed by atoms with E-state index in [1.807, 2.05) is 36.5 Å². The molecule has 32 heavy (non-hydrogen) atoms. The van der Waals surface area contributed by atoms with Crippen molar-refractivity contribution in [2.24, 2.45) is 5.92 Å². The van der Waals surface area contributed by atoms with Crippen molar-refractivity contribution in [1.82, 2.24) is 14.0 Å². The van der Waals surface area contributed by atoms with Gasteiger partial charge in [0.1, 0.15) is 5.82 Å². The lowest BCUT2D eigenvalue weighted by Crippen LogP contribution is -2.38. The fourth-order valence-electron chi connectivity index (χ4n) is 5.13. The Hall–Kier alpha value is -2.27. The highest BCUT2D eigenvalue weighted by Gasteiger charge is 2.31. The van der Waals surface area contributed by atoms with Gasteiger partial charge in [-0.2, -0.15) is 0 Å². The molecule has 0 aliphatic carbocycles. The van der Waals surface area contributed by atoms with Crippen LogP contribution in [0, 0.1) is 5.92 Å². The van der Waals surface area contributed by atoms with Crippen molar-refractivity contribution in [2.45, 2.75) is 78.3 Å². The lowest BCUT2D eigenvalue weighted by atomic mass is 9.95. The number of hydrogen-bond acceptors (Lipinski definition) is 3. The summed E-state index contributed by atoms with van der Waals surface area (Å²) < 4.78 is 3.99. The van der Waals surface area contributed by atoms with Crippen molar-refractivity contribution in [2.75, 3.05) is 11.4 Å². The van der Waals surface area contributed by atoms with E-state index in [4.69, 9.17) is 16.6 Å². The Morgan fingerprint density at radius 1 is 1.16 bits per heavy atom. The first-order valence-electron chi connectivity index (χ1n) is 12.2. The molecule has 2 unspecified atom stereocenters. The van der Waals surface area contributed by atoms with Crippen LogP contribution in [0.5, 0.6) is 0 Å². The Kier molecular flexibility index (Phi) is 7.24. The van der Waals surface area contributed by atoms with Gasteiger partial charge in [-0.15, -0.1) is 0 Å². The van der Waals surface area contributed by atoms with Crippen molar-refractivity contribution in [3.05, 3.63) is 51.9 Å². The van der Waals surface area contributed by atoms with Crippen LogP contribution in [-0.4, -0.2) is 26.5 Å². The molecule has 0 bridgehead atoms. The molecule has 172 valence electrons. The number of benzene rings is 1. The minimum absolute atomic E-state index is 0.0109. The van der Waals surface area contributed by atoms with Gasteiger partial charge < -0.3 is 4.90 Å². The molecule has 1 saturated heterocycles. The summed E-state index contributed by atoms with van der Waals surface area (Å²) in [4.78, 5) is 20.6. The Morgan fingerprint density at radius 2 is 1.94 bits per heavy atom. The van der Waals surface area contributed by atoms with Gasteiger partial charge in [-0.25, -0.2) is 4.98 Å².